The largest absolute Gasteiger partial charge is 0.329 e. The number of imidazole rings is 1. The number of hydrogen-bond acceptors (Lipinski definition) is 2. The van der Waals surface area contributed by atoms with Gasteiger partial charge in [-0.3, -0.25) is 0 Å². The topological polar surface area (TPSA) is 33.6 Å². The van der Waals surface area contributed by atoms with Crippen LogP contribution in [0.4, 0.5) is 0 Å². The molecule has 0 aliphatic heterocycles. The van der Waals surface area contributed by atoms with Crippen molar-refractivity contribution in [2.75, 3.05) is 0 Å². The lowest BCUT2D eigenvalue weighted by Crippen LogP contribution is -2.08. The van der Waals surface area contributed by atoms with Crippen LogP contribution in [-0.2, 0) is 6.54 Å². The number of aromatic nitrogens is 3. The van der Waals surface area contributed by atoms with Crippen molar-refractivity contribution < 1.29 is 0 Å². The van der Waals surface area contributed by atoms with Gasteiger partial charge in [0.1, 0.15) is 0 Å². The zero-order chi connectivity index (χ0) is 12.7. The number of aromatic amines is 1. The molecule has 2 aromatic heterocycles. The molecule has 1 aliphatic carbocycles. The molecule has 0 saturated heterocycles. The van der Waals surface area contributed by atoms with Gasteiger partial charge in [-0.05, 0) is 55.4 Å². The van der Waals surface area contributed by atoms with E-state index in [4.69, 9.17) is 12.2 Å². The van der Waals surface area contributed by atoms with Gasteiger partial charge in [0.15, 0.2) is 10.4 Å². The van der Waals surface area contributed by atoms with E-state index in [0.29, 0.717) is 0 Å². The lowest BCUT2D eigenvalue weighted by Gasteiger charge is -2.10. The Morgan fingerprint density at radius 3 is 3.06 bits per heavy atom. The zero-order valence-corrected chi connectivity index (χ0v) is 11.8. The van der Waals surface area contributed by atoms with Gasteiger partial charge in [-0.1, -0.05) is 13.3 Å². The molecule has 0 bridgehead atoms. The first kappa shape index (κ1) is 11.9. The van der Waals surface area contributed by atoms with Crippen LogP contribution in [-0.4, -0.2) is 14.5 Å². The van der Waals surface area contributed by atoms with Crippen LogP contribution in [0.15, 0.2) is 12.3 Å². The minimum Gasteiger partial charge on any atom is -0.329 e. The Morgan fingerprint density at radius 2 is 2.33 bits per heavy atom. The average molecular weight is 261 g/mol. The molecular weight excluding hydrogens is 242 g/mol. The summed E-state index contributed by atoms with van der Waals surface area (Å²) >= 11 is 5.43. The van der Waals surface area contributed by atoms with Crippen molar-refractivity contribution >= 4 is 23.4 Å². The average Bonchev–Trinajstić information content (AvgIpc) is 2.84. The Labute approximate surface area is 112 Å². The first-order valence-electron chi connectivity index (χ1n) is 6.68. The predicted octanol–water partition coefficient (Wildman–Crippen LogP) is 3.84. The molecule has 2 atom stereocenters. The lowest BCUT2D eigenvalue weighted by molar-refractivity contribution is 0.443. The second-order valence-corrected chi connectivity index (χ2v) is 6.10. The number of aryl methyl sites for hydroxylation is 1. The standard InChI is InChI=1S/C14H19N3S/c1-9-3-4-11(5-9)8-17-13-12(16-14(17)18)6-10(2)7-15-13/h6-7,9,11H,3-5,8H2,1-2H3,(H,16,18). The third kappa shape index (κ3) is 2.09. The van der Waals surface area contributed by atoms with Gasteiger partial charge in [0, 0.05) is 12.7 Å². The highest BCUT2D eigenvalue weighted by Crippen LogP contribution is 2.32. The number of nitrogens with one attached hydrogen (secondary N) is 1. The van der Waals surface area contributed by atoms with Crippen LogP contribution in [0.1, 0.15) is 31.7 Å². The van der Waals surface area contributed by atoms with Crippen molar-refractivity contribution in [1.29, 1.82) is 0 Å². The maximum Gasteiger partial charge on any atom is 0.179 e. The molecule has 3 nitrogen and oxygen atoms in total. The van der Waals surface area contributed by atoms with E-state index in [1.54, 1.807) is 0 Å². The molecule has 2 unspecified atom stereocenters. The number of hydrogen-bond donors (Lipinski definition) is 1. The van der Waals surface area contributed by atoms with Gasteiger partial charge in [0.2, 0.25) is 0 Å². The van der Waals surface area contributed by atoms with Crippen molar-refractivity contribution in [2.24, 2.45) is 11.8 Å². The molecule has 96 valence electrons. The summed E-state index contributed by atoms with van der Waals surface area (Å²) < 4.78 is 2.98. The third-order valence-electron chi connectivity index (χ3n) is 3.99. The maximum atomic E-state index is 5.43. The summed E-state index contributed by atoms with van der Waals surface area (Å²) in [6.45, 7) is 5.41. The summed E-state index contributed by atoms with van der Waals surface area (Å²) in [5.41, 5.74) is 3.23. The van der Waals surface area contributed by atoms with Crippen molar-refractivity contribution in [2.45, 2.75) is 39.7 Å². The molecule has 0 amide bonds. The van der Waals surface area contributed by atoms with E-state index < -0.39 is 0 Å². The molecule has 4 heteroatoms. The van der Waals surface area contributed by atoms with Crippen LogP contribution >= 0.6 is 12.2 Å². The number of rotatable bonds is 2. The van der Waals surface area contributed by atoms with E-state index in [1.165, 1.54) is 24.8 Å². The Bertz CT molecular complexity index is 625. The van der Waals surface area contributed by atoms with E-state index in [2.05, 4.69) is 34.4 Å². The normalized spacial score (nSPS) is 23.9. The van der Waals surface area contributed by atoms with E-state index in [1.807, 2.05) is 6.20 Å². The Balaban J connectivity index is 1.96. The van der Waals surface area contributed by atoms with Crippen LogP contribution in [0.25, 0.3) is 11.2 Å². The number of nitrogens with zero attached hydrogens (tertiary/aromatic N) is 2. The Morgan fingerprint density at radius 1 is 1.50 bits per heavy atom. The second kappa shape index (κ2) is 4.50. The monoisotopic (exact) mass is 261 g/mol. The first-order chi connectivity index (χ1) is 8.63. The lowest BCUT2D eigenvalue weighted by atomic mass is 10.1. The van der Waals surface area contributed by atoms with Gasteiger partial charge in [0.25, 0.3) is 0 Å². The highest BCUT2D eigenvalue weighted by atomic mass is 32.1. The van der Waals surface area contributed by atoms with Crippen molar-refractivity contribution in [3.63, 3.8) is 0 Å². The minimum absolute atomic E-state index is 0.758. The van der Waals surface area contributed by atoms with Gasteiger partial charge in [-0.2, -0.15) is 0 Å². The summed E-state index contributed by atoms with van der Waals surface area (Å²) in [7, 11) is 0. The number of H-pyrrole nitrogens is 1. The molecule has 18 heavy (non-hydrogen) atoms. The molecule has 2 aromatic rings. The molecule has 0 spiro atoms. The summed E-state index contributed by atoms with van der Waals surface area (Å²) in [6.07, 6.45) is 5.91. The van der Waals surface area contributed by atoms with E-state index in [0.717, 1.165) is 34.3 Å². The summed E-state index contributed by atoms with van der Waals surface area (Å²) in [6, 6.07) is 2.12. The van der Waals surface area contributed by atoms with Crippen LogP contribution in [0, 0.1) is 23.5 Å². The van der Waals surface area contributed by atoms with Gasteiger partial charge in [-0.25, -0.2) is 4.98 Å². The van der Waals surface area contributed by atoms with Crippen LogP contribution < -0.4 is 0 Å². The fourth-order valence-electron chi connectivity index (χ4n) is 3.07. The van der Waals surface area contributed by atoms with Crippen molar-refractivity contribution in [3.05, 3.63) is 22.6 Å². The highest BCUT2D eigenvalue weighted by Gasteiger charge is 2.22. The number of fused-ring (bicyclic) bond motifs is 1. The van der Waals surface area contributed by atoms with E-state index in [-0.39, 0.29) is 0 Å². The molecule has 0 aromatic carbocycles. The van der Waals surface area contributed by atoms with Crippen LogP contribution in [0.2, 0.25) is 0 Å². The Kier molecular flexibility index (Phi) is 2.98. The van der Waals surface area contributed by atoms with Gasteiger partial charge in [0.05, 0.1) is 5.52 Å². The third-order valence-corrected chi connectivity index (χ3v) is 4.31. The number of pyridine rings is 1. The maximum absolute atomic E-state index is 5.43. The SMILES string of the molecule is Cc1cnc2c(c1)[nH]c(=S)n2CC1CCC(C)C1. The summed E-state index contributed by atoms with van der Waals surface area (Å²) in [5.74, 6) is 1.62. The van der Waals surface area contributed by atoms with Crippen molar-refractivity contribution in [3.8, 4) is 0 Å². The molecular formula is C14H19N3S. The van der Waals surface area contributed by atoms with Crippen LogP contribution in [0.5, 0.6) is 0 Å². The van der Waals surface area contributed by atoms with Gasteiger partial charge >= 0.3 is 0 Å². The predicted molar refractivity (Wildman–Crippen MR) is 76.2 cm³/mol. The van der Waals surface area contributed by atoms with Crippen LogP contribution in [0.3, 0.4) is 0 Å². The molecule has 1 saturated carbocycles. The van der Waals surface area contributed by atoms with E-state index in [9.17, 15) is 0 Å². The first-order valence-corrected chi connectivity index (χ1v) is 7.09. The second-order valence-electron chi connectivity index (χ2n) is 5.71. The molecule has 1 aliphatic rings. The Hall–Kier alpha value is -1.16. The van der Waals surface area contributed by atoms with Gasteiger partial charge < -0.3 is 9.55 Å². The minimum atomic E-state index is 0.758. The highest BCUT2D eigenvalue weighted by molar-refractivity contribution is 7.71. The summed E-state index contributed by atoms with van der Waals surface area (Å²) in [5, 5.41) is 0. The molecule has 1 fully saturated rings. The molecule has 2 heterocycles. The van der Waals surface area contributed by atoms with E-state index >= 15 is 0 Å². The molecule has 1 N–H and O–H groups in total. The molecule has 3 rings (SSSR count). The summed E-state index contributed by atoms with van der Waals surface area (Å²) in [4.78, 5) is 7.80. The smallest absolute Gasteiger partial charge is 0.179 e. The quantitative estimate of drug-likeness (QED) is 0.833. The fraction of sp³-hybridized carbons (Fsp3) is 0.571. The van der Waals surface area contributed by atoms with Gasteiger partial charge in [-0.15, -0.1) is 0 Å². The zero-order valence-electron chi connectivity index (χ0n) is 10.9. The fourth-order valence-corrected chi connectivity index (χ4v) is 3.34. The molecule has 0 radical (unpaired) electrons. The van der Waals surface area contributed by atoms with Crippen molar-refractivity contribution in [1.82, 2.24) is 14.5 Å².